The summed E-state index contributed by atoms with van der Waals surface area (Å²) in [6, 6.07) is 9.20. The number of hydrogen-bond donors (Lipinski definition) is 2. The van der Waals surface area contributed by atoms with Crippen LogP contribution in [0.4, 0.5) is 5.69 Å². The molecule has 0 aliphatic rings. The topological polar surface area (TPSA) is 120 Å². The predicted octanol–water partition coefficient (Wildman–Crippen LogP) is 4.22. The van der Waals surface area contributed by atoms with Gasteiger partial charge in [-0.05, 0) is 37.1 Å². The fraction of sp³-hybridized carbons (Fsp3) is 0.350. The third kappa shape index (κ3) is 5.51. The van der Waals surface area contributed by atoms with Crippen LogP contribution in [-0.4, -0.2) is 18.1 Å². The third-order valence-electron chi connectivity index (χ3n) is 4.10. The van der Waals surface area contributed by atoms with E-state index in [9.17, 15) is 5.26 Å². The molecule has 148 valence electrons. The summed E-state index contributed by atoms with van der Waals surface area (Å²) in [5.74, 6) is 0.698. The maximum Gasteiger partial charge on any atom is 0.231 e. The van der Waals surface area contributed by atoms with Crippen LogP contribution in [0.25, 0.3) is 0 Å². The van der Waals surface area contributed by atoms with Crippen molar-refractivity contribution in [2.45, 2.75) is 38.7 Å². The Hall–Kier alpha value is -2.98. The van der Waals surface area contributed by atoms with Gasteiger partial charge in [0.15, 0.2) is 5.96 Å². The molecule has 0 aliphatic carbocycles. The summed E-state index contributed by atoms with van der Waals surface area (Å²) in [7, 11) is 1.46. The average Bonchev–Trinajstić information content (AvgIpc) is 2.68. The number of benzene rings is 1. The lowest BCUT2D eigenvalue weighted by molar-refractivity contribution is 0.190. The number of nitriles is 1. The van der Waals surface area contributed by atoms with Crippen molar-refractivity contribution in [1.82, 2.24) is 4.98 Å². The molecule has 0 bridgehead atoms. The van der Waals surface area contributed by atoms with E-state index in [1.54, 1.807) is 24.3 Å². The standard InChI is InChI=1S/C20H24ClN5O2/c1-3-4-5-6-17(28-14-9-7-13(21)8-10-14)18-15(11-22)19(27-2)25-12-16(18)26-20(23)24/h7-10,12,17H,3-6H2,1-2H3,(H4,23,24,26). The maximum absolute atomic E-state index is 9.76. The van der Waals surface area contributed by atoms with E-state index in [-0.39, 0.29) is 17.4 Å². The molecule has 1 heterocycles. The number of hydrogen-bond acceptors (Lipinski definition) is 5. The normalized spacial score (nSPS) is 11.4. The summed E-state index contributed by atoms with van der Waals surface area (Å²) < 4.78 is 11.5. The molecule has 0 aliphatic heterocycles. The zero-order valence-corrected chi connectivity index (χ0v) is 16.7. The molecule has 2 rings (SSSR count). The van der Waals surface area contributed by atoms with E-state index < -0.39 is 6.10 Å². The molecule has 0 spiro atoms. The molecular formula is C20H24ClN5O2. The quantitative estimate of drug-likeness (QED) is 0.368. The van der Waals surface area contributed by atoms with E-state index in [0.717, 1.165) is 19.3 Å². The van der Waals surface area contributed by atoms with E-state index in [1.807, 2.05) is 0 Å². The van der Waals surface area contributed by atoms with Gasteiger partial charge in [-0.15, -0.1) is 0 Å². The summed E-state index contributed by atoms with van der Waals surface area (Å²) in [4.78, 5) is 8.29. The van der Waals surface area contributed by atoms with E-state index in [4.69, 9.17) is 32.5 Å². The van der Waals surface area contributed by atoms with Crippen LogP contribution in [0.1, 0.15) is 49.8 Å². The molecule has 8 heteroatoms. The molecule has 0 saturated heterocycles. The molecule has 0 fully saturated rings. The summed E-state index contributed by atoms with van der Waals surface area (Å²) in [6.45, 7) is 2.12. The van der Waals surface area contributed by atoms with Gasteiger partial charge < -0.3 is 20.9 Å². The van der Waals surface area contributed by atoms with E-state index in [0.29, 0.717) is 28.4 Å². The number of pyridine rings is 1. The first-order valence-electron chi connectivity index (χ1n) is 8.99. The van der Waals surface area contributed by atoms with Crippen LogP contribution in [0.15, 0.2) is 35.5 Å². The molecule has 2 aromatic rings. The number of halogens is 1. The number of aromatic nitrogens is 1. The number of guanidine groups is 1. The van der Waals surface area contributed by atoms with E-state index in [2.05, 4.69) is 23.0 Å². The molecule has 7 nitrogen and oxygen atoms in total. The molecule has 0 saturated carbocycles. The van der Waals surface area contributed by atoms with Gasteiger partial charge in [0.05, 0.1) is 19.0 Å². The lowest BCUT2D eigenvalue weighted by Crippen LogP contribution is -2.22. The first-order valence-corrected chi connectivity index (χ1v) is 9.36. The molecule has 1 unspecified atom stereocenters. The number of nitrogens with zero attached hydrogens (tertiary/aromatic N) is 3. The van der Waals surface area contributed by atoms with Crippen molar-refractivity contribution in [1.29, 1.82) is 5.26 Å². The van der Waals surface area contributed by atoms with Crippen molar-refractivity contribution in [2.75, 3.05) is 7.11 Å². The molecular weight excluding hydrogens is 378 g/mol. The smallest absolute Gasteiger partial charge is 0.231 e. The summed E-state index contributed by atoms with van der Waals surface area (Å²) in [6.07, 6.45) is 4.68. The third-order valence-corrected chi connectivity index (χ3v) is 4.35. The van der Waals surface area contributed by atoms with Crippen LogP contribution in [0.2, 0.25) is 5.02 Å². The van der Waals surface area contributed by atoms with Crippen LogP contribution < -0.4 is 20.9 Å². The van der Waals surface area contributed by atoms with Gasteiger partial charge in [0.1, 0.15) is 23.5 Å². The second kappa shape index (κ2) is 10.4. The van der Waals surface area contributed by atoms with E-state index >= 15 is 0 Å². The van der Waals surface area contributed by atoms with Crippen molar-refractivity contribution < 1.29 is 9.47 Å². The summed E-state index contributed by atoms with van der Waals surface area (Å²) in [5, 5.41) is 10.4. The van der Waals surface area contributed by atoms with Gasteiger partial charge in [-0.25, -0.2) is 9.98 Å². The Morgan fingerprint density at radius 1 is 1.29 bits per heavy atom. The zero-order valence-electron chi connectivity index (χ0n) is 16.0. The van der Waals surface area contributed by atoms with Gasteiger partial charge in [-0.3, -0.25) is 0 Å². The molecule has 4 N–H and O–H groups in total. The number of ether oxygens (including phenoxy) is 2. The number of nitrogens with two attached hydrogens (primary N) is 2. The van der Waals surface area contributed by atoms with Gasteiger partial charge in [-0.1, -0.05) is 31.4 Å². The molecule has 0 radical (unpaired) electrons. The molecule has 1 aromatic heterocycles. The lowest BCUT2D eigenvalue weighted by Gasteiger charge is -2.23. The Morgan fingerprint density at radius 2 is 2.00 bits per heavy atom. The Labute approximate surface area is 169 Å². The first-order chi connectivity index (χ1) is 13.5. The second-order valence-electron chi connectivity index (χ2n) is 6.15. The average molecular weight is 402 g/mol. The van der Waals surface area contributed by atoms with Crippen LogP contribution in [0.5, 0.6) is 11.6 Å². The van der Waals surface area contributed by atoms with Gasteiger partial charge in [0, 0.05) is 10.6 Å². The van der Waals surface area contributed by atoms with E-state index in [1.165, 1.54) is 13.3 Å². The Balaban J connectivity index is 2.56. The predicted molar refractivity (Wildman–Crippen MR) is 110 cm³/mol. The van der Waals surface area contributed by atoms with Crippen molar-refractivity contribution >= 4 is 23.2 Å². The number of aliphatic imine (C=N–C) groups is 1. The van der Waals surface area contributed by atoms with Crippen LogP contribution in [0.3, 0.4) is 0 Å². The number of methoxy groups -OCH3 is 1. The summed E-state index contributed by atoms with van der Waals surface area (Å²) >= 11 is 5.97. The highest BCUT2D eigenvalue weighted by atomic mass is 35.5. The minimum atomic E-state index is -0.461. The van der Waals surface area contributed by atoms with Crippen LogP contribution in [0, 0.1) is 11.3 Å². The monoisotopic (exact) mass is 401 g/mol. The lowest BCUT2D eigenvalue weighted by atomic mass is 9.98. The SMILES string of the molecule is CCCCCC(Oc1ccc(Cl)cc1)c1c(N=C(N)N)cnc(OC)c1C#N. The Bertz CT molecular complexity index is 858. The van der Waals surface area contributed by atoms with Gasteiger partial charge >= 0.3 is 0 Å². The molecule has 1 aromatic carbocycles. The van der Waals surface area contributed by atoms with Crippen molar-refractivity contribution in [3.8, 4) is 17.7 Å². The molecule has 28 heavy (non-hydrogen) atoms. The van der Waals surface area contributed by atoms with Crippen LogP contribution in [-0.2, 0) is 0 Å². The number of rotatable bonds is 9. The Kier molecular flexibility index (Phi) is 7.90. The van der Waals surface area contributed by atoms with Crippen molar-refractivity contribution in [2.24, 2.45) is 16.5 Å². The summed E-state index contributed by atoms with van der Waals surface area (Å²) in [5.41, 5.74) is 12.3. The number of unbranched alkanes of at least 4 members (excludes halogenated alkanes) is 2. The maximum atomic E-state index is 9.76. The largest absolute Gasteiger partial charge is 0.486 e. The van der Waals surface area contributed by atoms with Crippen molar-refractivity contribution in [3.05, 3.63) is 46.6 Å². The fourth-order valence-electron chi connectivity index (χ4n) is 2.83. The molecule has 1 atom stereocenters. The Morgan fingerprint density at radius 3 is 2.57 bits per heavy atom. The van der Waals surface area contributed by atoms with Gasteiger partial charge in [0.2, 0.25) is 5.88 Å². The zero-order chi connectivity index (χ0) is 20.5. The van der Waals surface area contributed by atoms with Gasteiger partial charge in [0.25, 0.3) is 0 Å². The highest BCUT2D eigenvalue weighted by Crippen LogP contribution is 2.38. The molecule has 0 amide bonds. The minimum Gasteiger partial charge on any atom is -0.486 e. The highest BCUT2D eigenvalue weighted by molar-refractivity contribution is 6.30. The van der Waals surface area contributed by atoms with Gasteiger partial charge in [-0.2, -0.15) is 5.26 Å². The second-order valence-corrected chi connectivity index (χ2v) is 6.58. The van der Waals surface area contributed by atoms with Crippen molar-refractivity contribution in [3.63, 3.8) is 0 Å². The first kappa shape index (κ1) is 21.3. The minimum absolute atomic E-state index is 0.129. The highest BCUT2D eigenvalue weighted by Gasteiger charge is 2.25. The van der Waals surface area contributed by atoms with Crippen LogP contribution >= 0.6 is 11.6 Å². The fourth-order valence-corrected chi connectivity index (χ4v) is 2.96.